The number of carboxylic acids is 1. The molecule has 1 heterocycles. The second-order valence-electron chi connectivity index (χ2n) is 8.73. The molecule has 1 amide bonds. The van der Waals surface area contributed by atoms with E-state index < -0.39 is 24.0 Å². The van der Waals surface area contributed by atoms with Gasteiger partial charge >= 0.3 is 5.97 Å². The maximum absolute atomic E-state index is 12.7. The van der Waals surface area contributed by atoms with Crippen LogP contribution in [0.15, 0.2) is 30.3 Å². The van der Waals surface area contributed by atoms with Crippen LogP contribution in [0, 0.1) is 18.8 Å². The van der Waals surface area contributed by atoms with Gasteiger partial charge < -0.3 is 20.1 Å². The Labute approximate surface area is 203 Å². The Hall–Kier alpha value is -3.04. The number of carboxylic acid groups (broad SMARTS) is 1. The number of amides is 1. The predicted octanol–water partition coefficient (Wildman–Crippen LogP) is 4.64. The molecule has 0 bridgehead atoms. The zero-order valence-electron chi connectivity index (χ0n) is 21.3. The van der Waals surface area contributed by atoms with Gasteiger partial charge in [-0.05, 0) is 68.9 Å². The highest BCUT2D eigenvalue weighted by atomic mass is 16.4. The van der Waals surface area contributed by atoms with Crippen LogP contribution in [0.25, 0.3) is 0 Å². The minimum Gasteiger partial charge on any atom is -0.480 e. The van der Waals surface area contributed by atoms with Crippen molar-refractivity contribution < 1.29 is 19.8 Å². The van der Waals surface area contributed by atoms with Gasteiger partial charge in [-0.3, -0.25) is 9.59 Å². The molecule has 0 aliphatic heterocycles. The molecule has 2 rings (SSSR count). The summed E-state index contributed by atoms with van der Waals surface area (Å²) in [6.45, 7) is 12.4. The molecule has 0 radical (unpaired) electrons. The number of rotatable bonds is 10. The summed E-state index contributed by atoms with van der Waals surface area (Å²) < 4.78 is 1.98. The van der Waals surface area contributed by atoms with Crippen molar-refractivity contribution in [3.05, 3.63) is 58.4 Å². The molecule has 0 saturated heterocycles. The average Bonchev–Trinajstić information content (AvgIpc) is 3.27. The molecule has 6 heteroatoms. The number of hydrogen-bond donors (Lipinski definition) is 3. The van der Waals surface area contributed by atoms with E-state index in [1.165, 1.54) is 0 Å². The van der Waals surface area contributed by atoms with Crippen molar-refractivity contribution in [2.75, 3.05) is 6.54 Å². The summed E-state index contributed by atoms with van der Waals surface area (Å²) in [5.74, 6) is 4.74. The highest BCUT2D eigenvalue weighted by molar-refractivity contribution is 5.94. The molecule has 0 atom stereocenters. The van der Waals surface area contributed by atoms with Crippen LogP contribution in [0.2, 0.25) is 0 Å². The Morgan fingerprint density at radius 3 is 2.15 bits per heavy atom. The monoisotopic (exact) mass is 466 g/mol. The number of nitrogens with one attached hydrogen (secondary N) is 1. The lowest BCUT2D eigenvalue weighted by atomic mass is 9.72. The van der Waals surface area contributed by atoms with Crippen molar-refractivity contribution >= 4 is 11.9 Å². The summed E-state index contributed by atoms with van der Waals surface area (Å²) in [6, 6.07) is 10.0. The molecule has 0 unspecified atom stereocenters. The number of aliphatic hydroxyl groups is 1. The van der Waals surface area contributed by atoms with Crippen LogP contribution in [-0.4, -0.2) is 38.8 Å². The maximum atomic E-state index is 12.7. The number of benzene rings is 1. The van der Waals surface area contributed by atoms with Gasteiger partial charge in [-0.25, -0.2) is 0 Å². The minimum absolute atomic E-state index is 0.314. The first-order valence-corrected chi connectivity index (χ1v) is 12.2. The number of carbonyl (C=O) groups excluding carboxylic acids is 1. The van der Waals surface area contributed by atoms with Crippen LogP contribution < -0.4 is 5.32 Å². The van der Waals surface area contributed by atoms with E-state index in [2.05, 4.69) is 43.1 Å². The number of aliphatic carboxylic acids is 1. The van der Waals surface area contributed by atoms with Crippen LogP contribution in [0.3, 0.4) is 0 Å². The summed E-state index contributed by atoms with van der Waals surface area (Å²) >= 11 is 0. The van der Waals surface area contributed by atoms with E-state index in [9.17, 15) is 14.7 Å². The van der Waals surface area contributed by atoms with E-state index in [1.807, 2.05) is 44.4 Å². The molecule has 0 aliphatic rings. The van der Waals surface area contributed by atoms with E-state index in [-0.39, 0.29) is 5.41 Å². The zero-order valence-corrected chi connectivity index (χ0v) is 21.3. The van der Waals surface area contributed by atoms with Crippen molar-refractivity contribution in [1.29, 1.82) is 0 Å². The lowest BCUT2D eigenvalue weighted by molar-refractivity contribution is -0.135. The molecule has 0 fully saturated rings. The second-order valence-corrected chi connectivity index (χ2v) is 8.73. The first-order valence-electron chi connectivity index (χ1n) is 12.2. The molecule has 34 heavy (non-hydrogen) atoms. The number of aromatic nitrogens is 1. The Bertz CT molecular complexity index is 1080. The van der Waals surface area contributed by atoms with Crippen molar-refractivity contribution in [3.63, 3.8) is 0 Å². The Morgan fingerprint density at radius 1 is 1.00 bits per heavy atom. The van der Waals surface area contributed by atoms with Gasteiger partial charge in [0, 0.05) is 23.2 Å². The van der Waals surface area contributed by atoms with Gasteiger partial charge in [0.1, 0.15) is 17.8 Å². The van der Waals surface area contributed by atoms with Gasteiger partial charge in [0.2, 0.25) is 0 Å². The Kier molecular flexibility index (Phi) is 9.12. The van der Waals surface area contributed by atoms with Crippen LogP contribution in [0.4, 0.5) is 0 Å². The van der Waals surface area contributed by atoms with Gasteiger partial charge in [-0.15, -0.1) is 0 Å². The molecule has 2 aromatic rings. The van der Waals surface area contributed by atoms with Gasteiger partial charge in [0.25, 0.3) is 5.91 Å². The van der Waals surface area contributed by atoms with Crippen molar-refractivity contribution in [1.82, 2.24) is 9.88 Å². The molecule has 0 spiro atoms. The SMILES string of the molecule is CCn1c(C(=O)NCC(=O)O)ccc1C(CC)(CC)c1ccc(C#CC(O)(CC)CC)c(C)c1. The van der Waals surface area contributed by atoms with Crippen molar-refractivity contribution in [2.24, 2.45) is 0 Å². The zero-order chi connectivity index (χ0) is 25.5. The summed E-state index contributed by atoms with van der Waals surface area (Å²) in [7, 11) is 0. The van der Waals surface area contributed by atoms with E-state index in [0.717, 1.165) is 35.2 Å². The molecule has 0 saturated carbocycles. The standard InChI is InChI=1S/C28H38N2O4/c1-7-27(34,8-2)17-16-21-12-13-22(18-20(21)6)28(9-3,10-4)24-15-14-23(30(24)11-5)26(33)29-19-25(31)32/h12-15,18,34H,7-11,19H2,1-6H3,(H,29,33)(H,31,32). The van der Waals surface area contributed by atoms with Crippen molar-refractivity contribution in [2.45, 2.75) is 84.8 Å². The first-order chi connectivity index (χ1) is 16.1. The van der Waals surface area contributed by atoms with Crippen LogP contribution >= 0.6 is 0 Å². The summed E-state index contributed by atoms with van der Waals surface area (Å²) in [6.07, 6.45) is 2.83. The highest BCUT2D eigenvalue weighted by Gasteiger charge is 2.35. The lowest BCUT2D eigenvalue weighted by Gasteiger charge is -2.34. The fourth-order valence-electron chi connectivity index (χ4n) is 4.55. The molecule has 184 valence electrons. The van der Waals surface area contributed by atoms with Crippen LogP contribution in [-0.2, 0) is 16.8 Å². The Balaban J connectivity index is 2.54. The number of nitrogens with zero attached hydrogens (tertiary/aromatic N) is 1. The maximum Gasteiger partial charge on any atom is 0.322 e. The first kappa shape index (κ1) is 27.2. The lowest BCUT2D eigenvalue weighted by Crippen LogP contribution is -2.33. The topological polar surface area (TPSA) is 91.6 Å². The third-order valence-electron chi connectivity index (χ3n) is 7.01. The Morgan fingerprint density at radius 2 is 1.65 bits per heavy atom. The van der Waals surface area contributed by atoms with Crippen molar-refractivity contribution in [3.8, 4) is 11.8 Å². The second kappa shape index (κ2) is 11.4. The van der Waals surface area contributed by atoms with E-state index in [4.69, 9.17) is 5.11 Å². The van der Waals surface area contributed by atoms with Gasteiger partial charge in [-0.1, -0.05) is 51.7 Å². The van der Waals surface area contributed by atoms with Gasteiger partial charge in [-0.2, -0.15) is 0 Å². The molecule has 1 aromatic carbocycles. The fraction of sp³-hybridized carbons (Fsp3) is 0.500. The van der Waals surface area contributed by atoms with E-state index in [1.54, 1.807) is 6.07 Å². The normalized spacial score (nSPS) is 11.6. The van der Waals surface area contributed by atoms with E-state index in [0.29, 0.717) is 25.1 Å². The predicted molar refractivity (Wildman–Crippen MR) is 135 cm³/mol. The molecule has 0 aliphatic carbocycles. The fourth-order valence-corrected chi connectivity index (χ4v) is 4.55. The smallest absolute Gasteiger partial charge is 0.322 e. The largest absolute Gasteiger partial charge is 0.480 e. The number of hydrogen-bond acceptors (Lipinski definition) is 3. The third kappa shape index (κ3) is 5.53. The third-order valence-corrected chi connectivity index (χ3v) is 7.01. The van der Waals surface area contributed by atoms with Gasteiger partial charge in [0.15, 0.2) is 0 Å². The number of aryl methyl sites for hydroxylation is 1. The number of carbonyl (C=O) groups is 2. The molecule has 3 N–H and O–H groups in total. The van der Waals surface area contributed by atoms with Crippen LogP contribution in [0.1, 0.15) is 93.2 Å². The molecule has 1 aromatic heterocycles. The summed E-state index contributed by atoms with van der Waals surface area (Å²) in [5.41, 5.74) is 3.29. The van der Waals surface area contributed by atoms with Gasteiger partial charge in [0.05, 0.1) is 0 Å². The van der Waals surface area contributed by atoms with Crippen LogP contribution in [0.5, 0.6) is 0 Å². The average molecular weight is 467 g/mol. The summed E-state index contributed by atoms with van der Waals surface area (Å²) in [4.78, 5) is 23.5. The minimum atomic E-state index is -1.07. The summed E-state index contributed by atoms with van der Waals surface area (Å²) in [5, 5.41) is 21.9. The quantitative estimate of drug-likeness (QED) is 0.445. The molecule has 6 nitrogen and oxygen atoms in total. The molecular formula is C28H38N2O4. The van der Waals surface area contributed by atoms with E-state index >= 15 is 0 Å². The molecular weight excluding hydrogens is 428 g/mol. The highest BCUT2D eigenvalue weighted by Crippen LogP contribution is 2.40.